The maximum absolute atomic E-state index is 12.2. The Labute approximate surface area is 179 Å². The molecule has 1 aliphatic heterocycles. The number of hydrogen-bond acceptors (Lipinski definition) is 4. The summed E-state index contributed by atoms with van der Waals surface area (Å²) < 4.78 is 5.39. The molecule has 0 bridgehead atoms. The monoisotopic (exact) mass is 412 g/mol. The number of carbonyl (C=O) groups excluding carboxylic acids is 1. The average Bonchev–Trinajstić information content (AvgIpc) is 2.72. The first-order chi connectivity index (χ1) is 13.9. The number of morpholine rings is 1. The third-order valence-electron chi connectivity index (χ3n) is 5.11. The van der Waals surface area contributed by atoms with Crippen LogP contribution in [0.4, 0.5) is 0 Å². The van der Waals surface area contributed by atoms with Gasteiger partial charge in [0.1, 0.15) is 0 Å². The van der Waals surface area contributed by atoms with Crippen LogP contribution in [0.5, 0.6) is 0 Å². The quantitative estimate of drug-likeness (QED) is 0.691. The molecule has 5 heteroatoms. The molecule has 0 spiro atoms. The summed E-state index contributed by atoms with van der Waals surface area (Å²) in [5.74, 6) is 0.497. The second-order valence-electron chi connectivity index (χ2n) is 8.54. The second-order valence-corrected chi connectivity index (χ2v) is 9.59. The van der Waals surface area contributed by atoms with E-state index in [-0.39, 0.29) is 11.3 Å². The molecule has 0 aliphatic carbocycles. The highest BCUT2D eigenvalue weighted by Crippen LogP contribution is 2.25. The zero-order chi connectivity index (χ0) is 20.7. The fourth-order valence-electron chi connectivity index (χ4n) is 3.23. The second kappa shape index (κ2) is 10.3. The number of benzene rings is 2. The summed E-state index contributed by atoms with van der Waals surface area (Å²) in [5, 5.41) is 3.02. The Bertz CT molecular complexity index is 776. The van der Waals surface area contributed by atoms with Crippen LogP contribution in [0.25, 0.3) is 0 Å². The van der Waals surface area contributed by atoms with Gasteiger partial charge in [-0.25, -0.2) is 0 Å². The van der Waals surface area contributed by atoms with Gasteiger partial charge >= 0.3 is 0 Å². The number of nitrogens with one attached hydrogen (secondary N) is 1. The first kappa shape index (κ1) is 21.9. The predicted octanol–water partition coefficient (Wildman–Crippen LogP) is 4.22. The van der Waals surface area contributed by atoms with Crippen molar-refractivity contribution in [2.24, 2.45) is 0 Å². The molecule has 1 fully saturated rings. The van der Waals surface area contributed by atoms with Gasteiger partial charge in [0.05, 0.1) is 19.0 Å². The summed E-state index contributed by atoms with van der Waals surface area (Å²) in [5.41, 5.74) is 3.89. The van der Waals surface area contributed by atoms with E-state index in [0.717, 1.165) is 43.3 Å². The van der Waals surface area contributed by atoms with E-state index in [2.05, 4.69) is 79.5 Å². The van der Waals surface area contributed by atoms with Gasteiger partial charge in [-0.05, 0) is 34.2 Å². The molecule has 1 aliphatic rings. The molecule has 0 atom stereocenters. The normalized spacial score (nSPS) is 15.3. The van der Waals surface area contributed by atoms with Crippen LogP contribution in [0.1, 0.15) is 37.5 Å². The average molecular weight is 413 g/mol. The van der Waals surface area contributed by atoms with E-state index in [1.54, 1.807) is 11.8 Å². The van der Waals surface area contributed by atoms with Gasteiger partial charge in [-0.3, -0.25) is 9.69 Å². The van der Waals surface area contributed by atoms with Crippen LogP contribution in [0.2, 0.25) is 0 Å². The number of ether oxygens (including phenoxy) is 1. The third kappa shape index (κ3) is 7.18. The molecule has 0 unspecified atom stereocenters. The predicted molar refractivity (Wildman–Crippen MR) is 120 cm³/mol. The van der Waals surface area contributed by atoms with Crippen LogP contribution in [0, 0.1) is 0 Å². The molecule has 1 saturated heterocycles. The minimum absolute atomic E-state index is 0.0623. The zero-order valence-corrected chi connectivity index (χ0v) is 18.6. The number of carbonyl (C=O) groups is 1. The summed E-state index contributed by atoms with van der Waals surface area (Å²) in [4.78, 5) is 15.7. The highest BCUT2D eigenvalue weighted by molar-refractivity contribution is 8.00. The highest BCUT2D eigenvalue weighted by atomic mass is 32.2. The van der Waals surface area contributed by atoms with E-state index >= 15 is 0 Å². The minimum atomic E-state index is 0.0623. The Morgan fingerprint density at radius 1 is 1.00 bits per heavy atom. The van der Waals surface area contributed by atoms with E-state index < -0.39 is 0 Å². The molecule has 0 saturated carbocycles. The Morgan fingerprint density at radius 3 is 2.24 bits per heavy atom. The molecule has 4 nitrogen and oxygen atoms in total. The Hall–Kier alpha value is -1.82. The minimum Gasteiger partial charge on any atom is -0.379 e. The number of thioether (sulfide) groups is 1. The summed E-state index contributed by atoms with van der Waals surface area (Å²) in [6, 6.07) is 17.0. The van der Waals surface area contributed by atoms with Gasteiger partial charge in [0.2, 0.25) is 5.91 Å². The number of rotatable bonds is 7. The van der Waals surface area contributed by atoms with Crippen LogP contribution in [-0.4, -0.2) is 42.9 Å². The lowest BCUT2D eigenvalue weighted by Crippen LogP contribution is -2.35. The molecule has 1 heterocycles. The van der Waals surface area contributed by atoms with Gasteiger partial charge in [0, 0.05) is 31.1 Å². The maximum atomic E-state index is 12.2. The molecular weight excluding hydrogens is 380 g/mol. The van der Waals surface area contributed by atoms with Crippen molar-refractivity contribution < 1.29 is 9.53 Å². The van der Waals surface area contributed by atoms with Crippen molar-refractivity contribution in [2.45, 2.75) is 44.2 Å². The van der Waals surface area contributed by atoms with Crippen molar-refractivity contribution in [1.82, 2.24) is 10.2 Å². The first-order valence-corrected chi connectivity index (χ1v) is 11.3. The van der Waals surface area contributed by atoms with Gasteiger partial charge in [-0.1, -0.05) is 57.2 Å². The Morgan fingerprint density at radius 2 is 1.62 bits per heavy atom. The van der Waals surface area contributed by atoms with E-state index in [0.29, 0.717) is 12.3 Å². The topological polar surface area (TPSA) is 41.6 Å². The molecule has 2 aromatic rings. The van der Waals surface area contributed by atoms with Crippen molar-refractivity contribution in [2.75, 3.05) is 32.1 Å². The maximum Gasteiger partial charge on any atom is 0.230 e. The van der Waals surface area contributed by atoms with E-state index in [4.69, 9.17) is 4.74 Å². The largest absolute Gasteiger partial charge is 0.379 e. The van der Waals surface area contributed by atoms with Crippen molar-refractivity contribution in [3.8, 4) is 0 Å². The molecule has 0 radical (unpaired) electrons. The molecular formula is C24H32N2O2S. The van der Waals surface area contributed by atoms with Crippen molar-refractivity contribution in [3.63, 3.8) is 0 Å². The van der Waals surface area contributed by atoms with Gasteiger partial charge in [0.15, 0.2) is 0 Å². The molecule has 1 N–H and O–H groups in total. The lowest BCUT2D eigenvalue weighted by molar-refractivity contribution is -0.118. The zero-order valence-electron chi connectivity index (χ0n) is 17.7. The van der Waals surface area contributed by atoms with Crippen LogP contribution in [0.3, 0.4) is 0 Å². The van der Waals surface area contributed by atoms with E-state index in [9.17, 15) is 4.79 Å². The van der Waals surface area contributed by atoms with Crippen molar-refractivity contribution >= 4 is 17.7 Å². The lowest BCUT2D eigenvalue weighted by Gasteiger charge is -2.26. The third-order valence-corrected chi connectivity index (χ3v) is 6.12. The molecule has 0 aromatic heterocycles. The standard InChI is InChI=1S/C24H32N2O2S/c1-24(2,3)21-8-10-22(11-9-21)29-18-23(27)25-16-19-4-6-20(7-5-19)17-26-12-14-28-15-13-26/h4-11H,12-18H2,1-3H3,(H,25,27). The number of hydrogen-bond donors (Lipinski definition) is 1. The van der Waals surface area contributed by atoms with Gasteiger partial charge in [-0.15, -0.1) is 11.8 Å². The Balaban J connectivity index is 1.39. The van der Waals surface area contributed by atoms with Crippen LogP contribution in [0.15, 0.2) is 53.4 Å². The molecule has 29 heavy (non-hydrogen) atoms. The van der Waals surface area contributed by atoms with Crippen molar-refractivity contribution in [3.05, 3.63) is 65.2 Å². The van der Waals surface area contributed by atoms with Crippen LogP contribution in [-0.2, 0) is 28.0 Å². The summed E-state index contributed by atoms with van der Waals surface area (Å²) in [6.45, 7) is 11.8. The SMILES string of the molecule is CC(C)(C)c1ccc(SCC(=O)NCc2ccc(CN3CCOCC3)cc2)cc1. The van der Waals surface area contributed by atoms with Crippen molar-refractivity contribution in [1.29, 1.82) is 0 Å². The fourth-order valence-corrected chi connectivity index (χ4v) is 3.96. The summed E-state index contributed by atoms with van der Waals surface area (Å²) in [7, 11) is 0. The summed E-state index contributed by atoms with van der Waals surface area (Å²) >= 11 is 1.58. The highest BCUT2D eigenvalue weighted by Gasteiger charge is 2.13. The van der Waals surface area contributed by atoms with Crippen LogP contribution >= 0.6 is 11.8 Å². The molecule has 1 amide bonds. The van der Waals surface area contributed by atoms with Gasteiger partial charge < -0.3 is 10.1 Å². The van der Waals surface area contributed by atoms with E-state index in [1.807, 2.05) is 0 Å². The van der Waals surface area contributed by atoms with Gasteiger partial charge in [-0.2, -0.15) is 0 Å². The molecule has 3 rings (SSSR count). The molecule has 2 aromatic carbocycles. The molecule has 156 valence electrons. The first-order valence-electron chi connectivity index (χ1n) is 10.3. The smallest absolute Gasteiger partial charge is 0.230 e. The Kier molecular flexibility index (Phi) is 7.76. The summed E-state index contributed by atoms with van der Waals surface area (Å²) in [6.07, 6.45) is 0. The number of nitrogens with zero attached hydrogens (tertiary/aromatic N) is 1. The lowest BCUT2D eigenvalue weighted by atomic mass is 9.87. The van der Waals surface area contributed by atoms with E-state index in [1.165, 1.54) is 11.1 Å². The van der Waals surface area contributed by atoms with Crippen LogP contribution < -0.4 is 5.32 Å². The number of amides is 1. The fraction of sp³-hybridized carbons (Fsp3) is 0.458. The van der Waals surface area contributed by atoms with Gasteiger partial charge in [0.25, 0.3) is 0 Å².